The Hall–Kier alpha value is -1.56. The van der Waals surface area contributed by atoms with Crippen molar-refractivity contribution in [3.05, 3.63) is 44.6 Å². The number of carbonyl (C=O) groups excluding carboxylic acids is 1. The second-order valence-electron chi connectivity index (χ2n) is 6.50. The van der Waals surface area contributed by atoms with Crippen LogP contribution in [0, 0.1) is 12.8 Å². The Labute approximate surface area is 157 Å². The topological polar surface area (TPSA) is 49.8 Å². The van der Waals surface area contributed by atoms with Gasteiger partial charge < -0.3 is 9.84 Å². The van der Waals surface area contributed by atoms with Crippen LogP contribution in [0.4, 0.5) is 0 Å². The number of ketones is 1. The molecule has 0 unspecified atom stereocenters. The van der Waals surface area contributed by atoms with Gasteiger partial charge in [-0.25, -0.2) is 0 Å². The van der Waals surface area contributed by atoms with Crippen molar-refractivity contribution in [1.82, 2.24) is 4.90 Å². The predicted octanol–water partition coefficient (Wildman–Crippen LogP) is 4.52. The molecule has 1 atom stereocenters. The molecule has 6 heteroatoms. The van der Waals surface area contributed by atoms with Crippen molar-refractivity contribution >= 4 is 28.7 Å². The van der Waals surface area contributed by atoms with Crippen LogP contribution in [0.2, 0.25) is 5.02 Å². The zero-order chi connectivity index (χ0) is 18.0. The first-order valence-electron chi connectivity index (χ1n) is 8.35. The lowest BCUT2D eigenvalue weighted by Gasteiger charge is -2.32. The Bertz CT molecular complexity index is 774. The number of carbonyl (C=O) groups is 1. The van der Waals surface area contributed by atoms with Crippen molar-refractivity contribution in [1.29, 1.82) is 0 Å². The second kappa shape index (κ2) is 7.77. The van der Waals surface area contributed by atoms with Crippen LogP contribution in [0.1, 0.15) is 33.6 Å². The summed E-state index contributed by atoms with van der Waals surface area (Å²) in [6.07, 6.45) is 1.94. The van der Waals surface area contributed by atoms with Gasteiger partial charge in [0, 0.05) is 19.0 Å². The number of phenolic OH excluding ortho intramolecular Hbond substituents is 1. The molecule has 0 bridgehead atoms. The summed E-state index contributed by atoms with van der Waals surface area (Å²) in [4.78, 5) is 16.0. The van der Waals surface area contributed by atoms with Gasteiger partial charge in [0.1, 0.15) is 0 Å². The SMILES string of the molecule is COc1cc(CN2CCC[C@@H](C(=O)c3sccc3C)C2)cc(Cl)c1O. The van der Waals surface area contributed by atoms with Gasteiger partial charge in [-0.1, -0.05) is 11.6 Å². The van der Waals surface area contributed by atoms with Crippen molar-refractivity contribution in [2.45, 2.75) is 26.3 Å². The zero-order valence-corrected chi connectivity index (χ0v) is 16.0. The van der Waals surface area contributed by atoms with Gasteiger partial charge in [-0.3, -0.25) is 9.69 Å². The maximum absolute atomic E-state index is 12.8. The Balaban J connectivity index is 1.71. The summed E-state index contributed by atoms with van der Waals surface area (Å²) in [5.74, 6) is 0.647. The first kappa shape index (κ1) is 18.2. The van der Waals surface area contributed by atoms with Gasteiger partial charge in [-0.05, 0) is 61.0 Å². The molecule has 0 radical (unpaired) electrons. The summed E-state index contributed by atoms with van der Waals surface area (Å²) in [5.41, 5.74) is 2.04. The molecule has 0 saturated carbocycles. The lowest BCUT2D eigenvalue weighted by molar-refractivity contribution is 0.0815. The number of phenols is 1. The third-order valence-electron chi connectivity index (χ3n) is 4.68. The lowest BCUT2D eigenvalue weighted by atomic mass is 9.92. The van der Waals surface area contributed by atoms with E-state index in [-0.39, 0.29) is 22.5 Å². The molecular weight excluding hydrogens is 358 g/mol. The first-order valence-corrected chi connectivity index (χ1v) is 9.61. The van der Waals surface area contributed by atoms with Gasteiger partial charge in [0.25, 0.3) is 0 Å². The normalized spacial score (nSPS) is 18.3. The maximum atomic E-state index is 12.8. The van der Waals surface area contributed by atoms with E-state index < -0.39 is 0 Å². The molecule has 134 valence electrons. The van der Waals surface area contributed by atoms with Crippen LogP contribution in [0.3, 0.4) is 0 Å². The number of piperidine rings is 1. The zero-order valence-electron chi connectivity index (χ0n) is 14.4. The number of Topliss-reactive ketones (excluding diaryl/α,β-unsaturated/α-hetero) is 1. The number of benzene rings is 1. The van der Waals surface area contributed by atoms with Crippen LogP contribution < -0.4 is 4.74 Å². The summed E-state index contributed by atoms with van der Waals surface area (Å²) in [6, 6.07) is 5.56. The Morgan fingerprint density at radius 2 is 2.28 bits per heavy atom. The predicted molar refractivity (Wildman–Crippen MR) is 101 cm³/mol. The van der Waals surface area contributed by atoms with Crippen molar-refractivity contribution in [3.8, 4) is 11.5 Å². The molecule has 1 aliphatic rings. The average Bonchev–Trinajstić information content (AvgIpc) is 3.03. The van der Waals surface area contributed by atoms with E-state index in [1.54, 1.807) is 12.1 Å². The summed E-state index contributed by atoms with van der Waals surface area (Å²) >= 11 is 7.61. The van der Waals surface area contributed by atoms with Crippen LogP contribution in [-0.4, -0.2) is 36.0 Å². The minimum Gasteiger partial charge on any atom is -0.503 e. The number of halogens is 1. The largest absolute Gasteiger partial charge is 0.503 e. The fourth-order valence-corrected chi connectivity index (χ4v) is 4.53. The van der Waals surface area contributed by atoms with Gasteiger partial charge in [-0.15, -0.1) is 11.3 Å². The fraction of sp³-hybridized carbons (Fsp3) is 0.421. The number of nitrogens with zero attached hydrogens (tertiary/aromatic N) is 1. The monoisotopic (exact) mass is 379 g/mol. The molecule has 1 aromatic heterocycles. The van der Waals surface area contributed by atoms with Gasteiger partial charge >= 0.3 is 0 Å². The van der Waals surface area contributed by atoms with E-state index in [1.165, 1.54) is 18.4 Å². The number of thiophene rings is 1. The molecule has 25 heavy (non-hydrogen) atoms. The van der Waals surface area contributed by atoms with E-state index >= 15 is 0 Å². The average molecular weight is 380 g/mol. The van der Waals surface area contributed by atoms with Gasteiger partial charge in [0.2, 0.25) is 0 Å². The number of aromatic hydroxyl groups is 1. The number of hydrogen-bond donors (Lipinski definition) is 1. The number of rotatable bonds is 5. The van der Waals surface area contributed by atoms with Crippen LogP contribution in [-0.2, 0) is 6.54 Å². The number of methoxy groups -OCH3 is 1. The van der Waals surface area contributed by atoms with Crippen molar-refractivity contribution in [2.75, 3.05) is 20.2 Å². The molecule has 1 fully saturated rings. The fourth-order valence-electron chi connectivity index (χ4n) is 3.36. The Kier molecular flexibility index (Phi) is 5.67. The quantitative estimate of drug-likeness (QED) is 0.776. The lowest BCUT2D eigenvalue weighted by Crippen LogP contribution is -2.38. The summed E-state index contributed by atoms with van der Waals surface area (Å²) < 4.78 is 5.17. The van der Waals surface area contributed by atoms with Crippen LogP contribution in [0.15, 0.2) is 23.6 Å². The van der Waals surface area contributed by atoms with E-state index in [1.807, 2.05) is 18.4 Å². The smallest absolute Gasteiger partial charge is 0.177 e. The molecule has 1 saturated heterocycles. The molecule has 0 aliphatic carbocycles. The molecule has 1 aromatic carbocycles. The highest BCUT2D eigenvalue weighted by atomic mass is 35.5. The van der Waals surface area contributed by atoms with Gasteiger partial charge in [0.05, 0.1) is 17.0 Å². The molecular formula is C19H22ClNO3S. The van der Waals surface area contributed by atoms with Crippen LogP contribution in [0.5, 0.6) is 11.5 Å². The summed E-state index contributed by atoms with van der Waals surface area (Å²) in [7, 11) is 1.51. The minimum absolute atomic E-state index is 0.0345. The highest BCUT2D eigenvalue weighted by Gasteiger charge is 2.28. The maximum Gasteiger partial charge on any atom is 0.177 e. The second-order valence-corrected chi connectivity index (χ2v) is 7.82. The molecule has 0 spiro atoms. The highest BCUT2D eigenvalue weighted by Crippen LogP contribution is 2.35. The standard InChI is InChI=1S/C19H22ClNO3S/c1-12-5-7-25-19(12)17(22)14-4-3-6-21(11-14)10-13-8-15(20)18(23)16(9-13)24-2/h5,7-9,14,23H,3-4,6,10-11H2,1-2H3/t14-/m1/s1. The first-order chi connectivity index (χ1) is 12.0. The third kappa shape index (κ3) is 4.00. The van der Waals surface area contributed by atoms with E-state index in [2.05, 4.69) is 4.90 Å². The van der Waals surface area contributed by atoms with Crippen LogP contribution >= 0.6 is 22.9 Å². The Morgan fingerprint density at radius 3 is 2.96 bits per heavy atom. The van der Waals surface area contributed by atoms with E-state index in [0.29, 0.717) is 12.3 Å². The summed E-state index contributed by atoms with van der Waals surface area (Å²) in [6.45, 7) is 4.38. The van der Waals surface area contributed by atoms with E-state index in [9.17, 15) is 9.90 Å². The molecule has 2 aromatic rings. The number of hydrogen-bond acceptors (Lipinski definition) is 5. The summed E-state index contributed by atoms with van der Waals surface area (Å²) in [5, 5.41) is 12.1. The number of ether oxygens (including phenoxy) is 1. The van der Waals surface area contributed by atoms with Crippen molar-refractivity contribution in [2.24, 2.45) is 5.92 Å². The molecule has 1 N–H and O–H groups in total. The number of likely N-dealkylation sites (tertiary alicyclic amines) is 1. The van der Waals surface area contributed by atoms with Crippen LogP contribution in [0.25, 0.3) is 0 Å². The minimum atomic E-state index is -0.0345. The van der Waals surface area contributed by atoms with Crippen molar-refractivity contribution in [3.63, 3.8) is 0 Å². The molecule has 0 amide bonds. The molecule has 4 nitrogen and oxygen atoms in total. The number of aryl methyl sites for hydroxylation is 1. The molecule has 3 rings (SSSR count). The van der Waals surface area contributed by atoms with E-state index in [0.717, 1.165) is 41.9 Å². The van der Waals surface area contributed by atoms with E-state index in [4.69, 9.17) is 16.3 Å². The van der Waals surface area contributed by atoms with Gasteiger partial charge in [0.15, 0.2) is 17.3 Å². The highest BCUT2D eigenvalue weighted by molar-refractivity contribution is 7.12. The molecule has 2 heterocycles. The van der Waals surface area contributed by atoms with Crippen molar-refractivity contribution < 1.29 is 14.6 Å². The Morgan fingerprint density at radius 1 is 1.48 bits per heavy atom. The van der Waals surface area contributed by atoms with Gasteiger partial charge in [-0.2, -0.15) is 0 Å². The molecule has 1 aliphatic heterocycles. The third-order valence-corrected chi connectivity index (χ3v) is 6.00.